The summed E-state index contributed by atoms with van der Waals surface area (Å²) in [7, 11) is 0. The third-order valence-electron chi connectivity index (χ3n) is 3.79. The first-order valence-electron chi connectivity index (χ1n) is 8.77. The molecule has 0 bridgehead atoms. The van der Waals surface area contributed by atoms with E-state index in [2.05, 4.69) is 6.92 Å². The zero-order valence-electron chi connectivity index (χ0n) is 13.6. The summed E-state index contributed by atoms with van der Waals surface area (Å²) in [5, 5.41) is 8.65. The van der Waals surface area contributed by atoms with Gasteiger partial charge in [-0.25, -0.2) is 0 Å². The summed E-state index contributed by atoms with van der Waals surface area (Å²) in [5.41, 5.74) is 0. The molecule has 0 aliphatic rings. The first-order chi connectivity index (χ1) is 9.81. The van der Waals surface area contributed by atoms with Gasteiger partial charge < -0.3 is 9.66 Å². The number of hydrogen-bond donors (Lipinski definition) is 1. The minimum absolute atomic E-state index is 0.0606. The van der Waals surface area contributed by atoms with Crippen molar-refractivity contribution in [2.24, 2.45) is 0 Å². The second kappa shape index (κ2) is 17.3. The zero-order valence-corrected chi connectivity index (χ0v) is 14.4. The van der Waals surface area contributed by atoms with Gasteiger partial charge >= 0.3 is 0 Å². The van der Waals surface area contributed by atoms with E-state index in [9.17, 15) is 4.55 Å². The Labute approximate surface area is 129 Å². The molecule has 0 rings (SSSR count). The number of unbranched alkanes of at least 4 members (excludes halogenated alkanes) is 12. The fraction of sp³-hybridized carbons (Fsp3) is 1.00. The summed E-state index contributed by atoms with van der Waals surface area (Å²) in [4.78, 5) is 0. The molecular weight excluding hydrogens is 268 g/mol. The van der Waals surface area contributed by atoms with Gasteiger partial charge in [0, 0.05) is 0 Å². The quantitative estimate of drug-likeness (QED) is 0.328. The van der Waals surface area contributed by atoms with Crippen LogP contribution in [-0.4, -0.2) is 27.8 Å². The summed E-state index contributed by atoms with van der Waals surface area (Å²) in [5.74, 6) is 1.23. The lowest BCUT2D eigenvalue weighted by Gasteiger charge is -2.08. The third kappa shape index (κ3) is 16.3. The maximum Gasteiger partial charge on any atom is 0.128 e. The van der Waals surface area contributed by atoms with Crippen molar-refractivity contribution in [1.29, 1.82) is 0 Å². The molecule has 1 N–H and O–H groups in total. The van der Waals surface area contributed by atoms with Crippen LogP contribution in [0.4, 0.5) is 0 Å². The lowest BCUT2D eigenvalue weighted by atomic mass is 10.1. The SMILES string of the molecule is CCCCCCCCCCCCCCC[S+]([O-])CCO. The van der Waals surface area contributed by atoms with Crippen molar-refractivity contribution < 1.29 is 9.66 Å². The predicted octanol–water partition coefficient (Wildman–Crippen LogP) is 4.82. The van der Waals surface area contributed by atoms with E-state index in [1.165, 1.54) is 77.0 Å². The van der Waals surface area contributed by atoms with Crippen LogP contribution in [0.5, 0.6) is 0 Å². The van der Waals surface area contributed by atoms with Crippen molar-refractivity contribution in [1.82, 2.24) is 0 Å². The normalized spacial score (nSPS) is 12.8. The third-order valence-corrected chi connectivity index (χ3v) is 5.18. The molecule has 0 fully saturated rings. The molecule has 20 heavy (non-hydrogen) atoms. The van der Waals surface area contributed by atoms with E-state index in [-0.39, 0.29) is 6.61 Å². The minimum Gasteiger partial charge on any atom is -0.616 e. The molecule has 0 heterocycles. The average Bonchev–Trinajstić information content (AvgIpc) is 2.44. The Morgan fingerprint density at radius 2 is 1.05 bits per heavy atom. The molecule has 0 spiro atoms. The predicted molar refractivity (Wildman–Crippen MR) is 90.7 cm³/mol. The molecule has 0 radical (unpaired) electrons. The molecule has 2 nitrogen and oxygen atoms in total. The van der Waals surface area contributed by atoms with Crippen LogP contribution in [-0.2, 0) is 11.2 Å². The van der Waals surface area contributed by atoms with Crippen LogP contribution < -0.4 is 0 Å². The molecule has 3 heteroatoms. The fourth-order valence-corrected chi connectivity index (χ4v) is 3.42. The smallest absolute Gasteiger partial charge is 0.128 e. The topological polar surface area (TPSA) is 43.3 Å². The van der Waals surface area contributed by atoms with E-state index in [1.807, 2.05) is 0 Å². The minimum atomic E-state index is -0.785. The maximum absolute atomic E-state index is 11.3. The van der Waals surface area contributed by atoms with Gasteiger partial charge in [0.2, 0.25) is 0 Å². The summed E-state index contributed by atoms with van der Waals surface area (Å²) in [6.45, 7) is 2.33. The van der Waals surface area contributed by atoms with E-state index in [4.69, 9.17) is 5.11 Å². The second-order valence-corrected chi connectivity index (χ2v) is 7.51. The average molecular weight is 305 g/mol. The Morgan fingerprint density at radius 3 is 1.45 bits per heavy atom. The molecule has 0 saturated heterocycles. The lowest BCUT2D eigenvalue weighted by Crippen LogP contribution is -2.13. The van der Waals surface area contributed by atoms with Gasteiger partial charge in [0.15, 0.2) is 0 Å². The molecule has 1 unspecified atom stereocenters. The van der Waals surface area contributed by atoms with Crippen molar-refractivity contribution in [2.75, 3.05) is 18.1 Å². The van der Waals surface area contributed by atoms with E-state index in [1.54, 1.807) is 0 Å². The van der Waals surface area contributed by atoms with Crippen LogP contribution in [0.15, 0.2) is 0 Å². The molecule has 0 aliphatic carbocycles. The summed E-state index contributed by atoms with van der Waals surface area (Å²) in [6, 6.07) is 0. The largest absolute Gasteiger partial charge is 0.616 e. The first-order valence-corrected chi connectivity index (χ1v) is 10.3. The zero-order chi connectivity index (χ0) is 14.9. The van der Waals surface area contributed by atoms with Crippen LogP contribution in [0.3, 0.4) is 0 Å². The van der Waals surface area contributed by atoms with Gasteiger partial charge in [-0.2, -0.15) is 0 Å². The molecule has 0 aromatic carbocycles. The van der Waals surface area contributed by atoms with E-state index in [0.717, 1.165) is 12.2 Å². The van der Waals surface area contributed by atoms with Crippen molar-refractivity contribution in [3.8, 4) is 0 Å². The summed E-state index contributed by atoms with van der Waals surface area (Å²) < 4.78 is 11.3. The van der Waals surface area contributed by atoms with Crippen molar-refractivity contribution in [2.45, 2.75) is 90.4 Å². The van der Waals surface area contributed by atoms with Crippen LogP contribution in [0, 0.1) is 0 Å². The molecule has 0 amide bonds. The highest BCUT2D eigenvalue weighted by Gasteiger charge is 2.03. The number of aliphatic hydroxyl groups excluding tert-OH is 1. The molecule has 1 atom stereocenters. The molecule has 0 aliphatic heterocycles. The lowest BCUT2D eigenvalue weighted by molar-refractivity contribution is 0.319. The number of rotatable bonds is 16. The van der Waals surface area contributed by atoms with Gasteiger partial charge in [-0.3, -0.25) is 0 Å². The first kappa shape index (κ1) is 20.3. The molecule has 0 aromatic heterocycles. The Kier molecular flexibility index (Phi) is 17.6. The van der Waals surface area contributed by atoms with E-state index in [0.29, 0.717) is 5.75 Å². The van der Waals surface area contributed by atoms with Crippen molar-refractivity contribution in [3.05, 3.63) is 0 Å². The molecule has 122 valence electrons. The maximum atomic E-state index is 11.3. The van der Waals surface area contributed by atoms with Crippen LogP contribution in [0.1, 0.15) is 90.4 Å². The second-order valence-electron chi connectivity index (χ2n) is 5.81. The van der Waals surface area contributed by atoms with Gasteiger partial charge in [-0.05, 0) is 12.8 Å². The van der Waals surface area contributed by atoms with Gasteiger partial charge in [-0.1, -0.05) is 88.7 Å². The standard InChI is InChI=1S/C17H36O2S/c1-2-3-4-5-6-7-8-9-10-11-12-13-14-16-20(19)17-15-18/h18H,2-17H2,1H3. The fourth-order valence-electron chi connectivity index (χ4n) is 2.48. The molecule has 0 saturated carbocycles. The highest BCUT2D eigenvalue weighted by Crippen LogP contribution is 2.12. The monoisotopic (exact) mass is 304 g/mol. The molecule has 0 aromatic rings. The van der Waals surface area contributed by atoms with E-state index < -0.39 is 11.2 Å². The summed E-state index contributed by atoms with van der Waals surface area (Å²) in [6.07, 6.45) is 17.5. The highest BCUT2D eigenvalue weighted by atomic mass is 32.2. The van der Waals surface area contributed by atoms with Crippen molar-refractivity contribution >= 4 is 11.2 Å². The Bertz CT molecular complexity index is 176. The number of aliphatic hydroxyl groups is 1. The van der Waals surface area contributed by atoms with E-state index >= 15 is 0 Å². The van der Waals surface area contributed by atoms with Crippen LogP contribution in [0.25, 0.3) is 0 Å². The molecular formula is C17H36O2S. The van der Waals surface area contributed by atoms with Gasteiger partial charge in [0.05, 0.1) is 6.61 Å². The Morgan fingerprint density at radius 1 is 0.650 bits per heavy atom. The Hall–Kier alpha value is 0.270. The van der Waals surface area contributed by atoms with Crippen molar-refractivity contribution in [3.63, 3.8) is 0 Å². The highest BCUT2D eigenvalue weighted by molar-refractivity contribution is 7.91. The van der Waals surface area contributed by atoms with Gasteiger partial charge in [0.25, 0.3) is 0 Å². The summed E-state index contributed by atoms with van der Waals surface area (Å²) >= 11 is -0.785. The van der Waals surface area contributed by atoms with Gasteiger partial charge in [-0.15, -0.1) is 0 Å². The van der Waals surface area contributed by atoms with Crippen LogP contribution in [0.2, 0.25) is 0 Å². The van der Waals surface area contributed by atoms with Crippen LogP contribution >= 0.6 is 0 Å². The Balaban J connectivity index is 2.99. The number of hydrogen-bond acceptors (Lipinski definition) is 2. The van der Waals surface area contributed by atoms with Gasteiger partial charge in [0.1, 0.15) is 11.5 Å².